The van der Waals surface area contributed by atoms with Crippen molar-refractivity contribution in [3.63, 3.8) is 0 Å². The second-order valence-corrected chi connectivity index (χ2v) is 4.57. The normalized spacial score (nSPS) is 10.1. The lowest BCUT2D eigenvalue weighted by Gasteiger charge is -2.07. The predicted molar refractivity (Wildman–Crippen MR) is 73.7 cm³/mol. The van der Waals surface area contributed by atoms with Gasteiger partial charge >= 0.3 is 0 Å². The van der Waals surface area contributed by atoms with Gasteiger partial charge in [0.15, 0.2) is 0 Å². The van der Waals surface area contributed by atoms with Gasteiger partial charge in [-0.3, -0.25) is 0 Å². The standard InChI is InChI=1S/C13H21NOS/c1-3-15-13-8-6-12(7-9-13)14-10-4-5-11-16-2/h6-9,14H,3-5,10-11H2,1-2H3. The molecule has 0 radical (unpaired) electrons. The molecule has 0 saturated carbocycles. The van der Waals surface area contributed by atoms with Crippen molar-refractivity contribution in [2.75, 3.05) is 30.5 Å². The Balaban J connectivity index is 2.21. The van der Waals surface area contributed by atoms with Crippen molar-refractivity contribution in [1.82, 2.24) is 0 Å². The van der Waals surface area contributed by atoms with Crippen molar-refractivity contribution in [2.24, 2.45) is 0 Å². The first-order chi connectivity index (χ1) is 7.86. The van der Waals surface area contributed by atoms with Gasteiger partial charge in [-0.15, -0.1) is 0 Å². The summed E-state index contributed by atoms with van der Waals surface area (Å²) in [7, 11) is 0. The molecule has 90 valence electrons. The molecule has 1 aromatic carbocycles. The highest BCUT2D eigenvalue weighted by Gasteiger charge is 1.94. The lowest BCUT2D eigenvalue weighted by atomic mass is 10.3. The molecule has 0 spiro atoms. The van der Waals surface area contributed by atoms with E-state index < -0.39 is 0 Å². The van der Waals surface area contributed by atoms with E-state index in [1.807, 2.05) is 30.8 Å². The molecule has 0 bridgehead atoms. The van der Waals surface area contributed by atoms with Gasteiger partial charge in [0.2, 0.25) is 0 Å². The first-order valence-corrected chi connectivity index (χ1v) is 7.22. The fourth-order valence-electron chi connectivity index (χ4n) is 1.44. The maximum absolute atomic E-state index is 5.39. The van der Waals surface area contributed by atoms with E-state index in [1.165, 1.54) is 24.3 Å². The van der Waals surface area contributed by atoms with E-state index in [-0.39, 0.29) is 0 Å². The van der Waals surface area contributed by atoms with Crippen LogP contribution in [-0.2, 0) is 0 Å². The van der Waals surface area contributed by atoms with Gasteiger partial charge in [-0.05, 0) is 56.0 Å². The molecular formula is C13H21NOS. The van der Waals surface area contributed by atoms with Crippen LogP contribution in [0.5, 0.6) is 5.75 Å². The molecule has 0 fully saturated rings. The summed E-state index contributed by atoms with van der Waals surface area (Å²) in [6.07, 6.45) is 4.67. The Hall–Kier alpha value is -0.830. The van der Waals surface area contributed by atoms with Crippen LogP contribution in [0, 0.1) is 0 Å². The minimum atomic E-state index is 0.724. The Labute approximate surface area is 103 Å². The van der Waals surface area contributed by atoms with Gasteiger partial charge in [0, 0.05) is 12.2 Å². The van der Waals surface area contributed by atoms with Crippen LogP contribution in [0.2, 0.25) is 0 Å². The molecule has 0 aromatic heterocycles. The Morgan fingerprint density at radius 1 is 1.19 bits per heavy atom. The summed E-state index contributed by atoms with van der Waals surface area (Å²) in [6, 6.07) is 8.15. The number of rotatable bonds is 8. The largest absolute Gasteiger partial charge is 0.494 e. The first kappa shape index (κ1) is 13.2. The zero-order valence-electron chi connectivity index (χ0n) is 10.2. The van der Waals surface area contributed by atoms with Crippen LogP contribution < -0.4 is 10.1 Å². The molecule has 0 atom stereocenters. The summed E-state index contributed by atoms with van der Waals surface area (Å²) in [5.74, 6) is 2.20. The van der Waals surface area contributed by atoms with Crippen molar-refractivity contribution in [1.29, 1.82) is 0 Å². The number of thioether (sulfide) groups is 1. The number of hydrogen-bond donors (Lipinski definition) is 1. The van der Waals surface area contributed by atoms with Crippen LogP contribution in [-0.4, -0.2) is 25.2 Å². The minimum Gasteiger partial charge on any atom is -0.494 e. The Kier molecular flexibility index (Phi) is 6.90. The molecule has 0 unspecified atom stereocenters. The second kappa shape index (κ2) is 8.34. The summed E-state index contributed by atoms with van der Waals surface area (Å²) in [5.41, 5.74) is 1.17. The fourth-order valence-corrected chi connectivity index (χ4v) is 1.93. The Morgan fingerprint density at radius 3 is 2.56 bits per heavy atom. The summed E-state index contributed by atoms with van der Waals surface area (Å²) in [4.78, 5) is 0. The summed E-state index contributed by atoms with van der Waals surface area (Å²) in [5, 5.41) is 3.41. The Bertz CT molecular complexity index is 274. The van der Waals surface area contributed by atoms with Crippen LogP contribution in [0.3, 0.4) is 0 Å². The van der Waals surface area contributed by atoms with Gasteiger partial charge in [-0.1, -0.05) is 0 Å². The third kappa shape index (κ3) is 5.31. The first-order valence-electron chi connectivity index (χ1n) is 5.82. The van der Waals surface area contributed by atoms with Crippen LogP contribution in [0.1, 0.15) is 19.8 Å². The third-order valence-corrected chi connectivity index (χ3v) is 2.97. The van der Waals surface area contributed by atoms with Gasteiger partial charge in [-0.25, -0.2) is 0 Å². The van der Waals surface area contributed by atoms with Gasteiger partial charge in [0.1, 0.15) is 5.75 Å². The highest BCUT2D eigenvalue weighted by molar-refractivity contribution is 7.98. The third-order valence-electron chi connectivity index (χ3n) is 2.27. The quantitative estimate of drug-likeness (QED) is 0.700. The van der Waals surface area contributed by atoms with Crippen molar-refractivity contribution in [3.8, 4) is 5.75 Å². The van der Waals surface area contributed by atoms with Crippen LogP contribution >= 0.6 is 11.8 Å². The lowest BCUT2D eigenvalue weighted by molar-refractivity contribution is 0.340. The van der Waals surface area contributed by atoms with Crippen molar-refractivity contribution >= 4 is 17.4 Å². The average molecular weight is 239 g/mol. The maximum atomic E-state index is 5.39. The molecule has 1 aromatic rings. The number of unbranched alkanes of at least 4 members (excludes halogenated alkanes) is 1. The zero-order chi connectivity index (χ0) is 11.6. The summed E-state index contributed by atoms with van der Waals surface area (Å²) < 4.78 is 5.39. The molecule has 0 heterocycles. The monoisotopic (exact) mass is 239 g/mol. The summed E-state index contributed by atoms with van der Waals surface area (Å²) in [6.45, 7) is 3.77. The number of nitrogens with one attached hydrogen (secondary N) is 1. The zero-order valence-corrected chi connectivity index (χ0v) is 11.0. The number of anilines is 1. The van der Waals surface area contributed by atoms with E-state index in [1.54, 1.807) is 0 Å². The minimum absolute atomic E-state index is 0.724. The average Bonchev–Trinajstić information content (AvgIpc) is 2.31. The molecule has 1 rings (SSSR count). The molecule has 3 heteroatoms. The number of benzene rings is 1. The van der Waals surface area contributed by atoms with E-state index >= 15 is 0 Å². The highest BCUT2D eigenvalue weighted by Crippen LogP contribution is 2.15. The molecule has 0 aliphatic heterocycles. The fraction of sp³-hybridized carbons (Fsp3) is 0.538. The molecule has 1 N–H and O–H groups in total. The van der Waals surface area contributed by atoms with E-state index in [0.717, 1.165) is 18.9 Å². The van der Waals surface area contributed by atoms with Crippen LogP contribution in [0.4, 0.5) is 5.69 Å². The topological polar surface area (TPSA) is 21.3 Å². The number of hydrogen-bond acceptors (Lipinski definition) is 3. The van der Waals surface area contributed by atoms with Crippen molar-refractivity contribution in [3.05, 3.63) is 24.3 Å². The SMILES string of the molecule is CCOc1ccc(NCCCCSC)cc1. The van der Waals surface area contributed by atoms with Crippen LogP contribution in [0.15, 0.2) is 24.3 Å². The highest BCUT2D eigenvalue weighted by atomic mass is 32.2. The van der Waals surface area contributed by atoms with Crippen molar-refractivity contribution < 1.29 is 4.74 Å². The van der Waals surface area contributed by atoms with E-state index in [0.29, 0.717) is 0 Å². The van der Waals surface area contributed by atoms with Gasteiger partial charge in [-0.2, -0.15) is 11.8 Å². The van der Waals surface area contributed by atoms with E-state index in [4.69, 9.17) is 4.74 Å². The molecular weight excluding hydrogens is 218 g/mol. The molecule has 0 amide bonds. The Morgan fingerprint density at radius 2 is 1.94 bits per heavy atom. The molecule has 16 heavy (non-hydrogen) atoms. The molecule has 0 aliphatic rings. The molecule has 0 aliphatic carbocycles. The van der Waals surface area contributed by atoms with E-state index in [9.17, 15) is 0 Å². The van der Waals surface area contributed by atoms with Gasteiger partial charge in [0.05, 0.1) is 6.61 Å². The predicted octanol–water partition coefficient (Wildman–Crippen LogP) is 3.64. The van der Waals surface area contributed by atoms with E-state index in [2.05, 4.69) is 23.7 Å². The molecule has 2 nitrogen and oxygen atoms in total. The maximum Gasteiger partial charge on any atom is 0.119 e. The lowest BCUT2D eigenvalue weighted by Crippen LogP contribution is -2.01. The second-order valence-electron chi connectivity index (χ2n) is 3.58. The number of ether oxygens (including phenoxy) is 1. The smallest absolute Gasteiger partial charge is 0.119 e. The van der Waals surface area contributed by atoms with Crippen LogP contribution in [0.25, 0.3) is 0 Å². The summed E-state index contributed by atoms with van der Waals surface area (Å²) >= 11 is 1.91. The van der Waals surface area contributed by atoms with Gasteiger partial charge < -0.3 is 10.1 Å². The van der Waals surface area contributed by atoms with Gasteiger partial charge in [0.25, 0.3) is 0 Å². The molecule has 0 saturated heterocycles. The van der Waals surface area contributed by atoms with Crippen molar-refractivity contribution in [2.45, 2.75) is 19.8 Å².